The molecule has 0 aliphatic carbocycles. The second-order valence-electron chi connectivity index (χ2n) is 5.88. The summed E-state index contributed by atoms with van der Waals surface area (Å²) < 4.78 is 0. The van der Waals surface area contributed by atoms with Crippen molar-refractivity contribution >= 4 is 17.5 Å². The summed E-state index contributed by atoms with van der Waals surface area (Å²) in [5.74, 6) is 2.09. The van der Waals surface area contributed by atoms with Crippen LogP contribution in [0.15, 0.2) is 0 Å². The summed E-state index contributed by atoms with van der Waals surface area (Å²) in [6, 6.07) is 0. The summed E-state index contributed by atoms with van der Waals surface area (Å²) in [4.78, 5) is 11.8. The predicted molar refractivity (Wildman–Crippen MR) is 70.7 cm³/mol. The molecule has 0 aliphatic rings. The molecule has 0 rings (SSSR count). The van der Waals surface area contributed by atoms with Crippen LogP contribution in [0.3, 0.4) is 0 Å². The van der Waals surface area contributed by atoms with Gasteiger partial charge in [-0.25, -0.2) is 0 Å². The fourth-order valence-corrected chi connectivity index (χ4v) is 1.87. The van der Waals surface area contributed by atoms with Crippen LogP contribution in [0.4, 0.5) is 0 Å². The average molecular weight is 248 g/mol. The lowest BCUT2D eigenvalue weighted by Gasteiger charge is -2.27. The van der Waals surface area contributed by atoms with Crippen molar-refractivity contribution in [3.05, 3.63) is 0 Å². The van der Waals surface area contributed by atoms with Crippen molar-refractivity contribution in [2.24, 2.45) is 23.2 Å². The van der Waals surface area contributed by atoms with Crippen LogP contribution >= 0.6 is 11.6 Å². The molecule has 0 saturated carbocycles. The van der Waals surface area contributed by atoms with Crippen molar-refractivity contribution in [2.45, 2.75) is 41.5 Å². The molecule has 0 unspecified atom stereocenters. The third-order valence-corrected chi connectivity index (χ3v) is 3.83. The zero-order valence-electron chi connectivity index (χ0n) is 11.4. The smallest absolute Gasteiger partial charge is 0.226 e. The van der Waals surface area contributed by atoms with Gasteiger partial charge < -0.3 is 5.32 Å². The van der Waals surface area contributed by atoms with Gasteiger partial charge in [-0.2, -0.15) is 0 Å². The van der Waals surface area contributed by atoms with Gasteiger partial charge in [-0.3, -0.25) is 4.79 Å². The van der Waals surface area contributed by atoms with E-state index < -0.39 is 5.41 Å². The Hall–Kier alpha value is -0.240. The summed E-state index contributed by atoms with van der Waals surface area (Å²) in [6.07, 6.45) is 0. The summed E-state index contributed by atoms with van der Waals surface area (Å²) in [7, 11) is 0. The third-order valence-electron chi connectivity index (χ3n) is 3.16. The maximum Gasteiger partial charge on any atom is 0.226 e. The quantitative estimate of drug-likeness (QED) is 0.717. The van der Waals surface area contributed by atoms with Crippen LogP contribution in [0, 0.1) is 23.2 Å². The summed E-state index contributed by atoms with van der Waals surface area (Å²) in [5.41, 5.74) is -0.472. The Morgan fingerprint density at radius 3 is 1.94 bits per heavy atom. The molecular weight excluding hydrogens is 222 g/mol. The first-order chi connectivity index (χ1) is 7.22. The van der Waals surface area contributed by atoms with Crippen LogP contribution in [0.1, 0.15) is 41.5 Å². The van der Waals surface area contributed by atoms with Crippen LogP contribution in [0.5, 0.6) is 0 Å². The zero-order chi connectivity index (χ0) is 12.9. The van der Waals surface area contributed by atoms with Crippen LogP contribution in [-0.4, -0.2) is 18.3 Å². The van der Waals surface area contributed by atoms with E-state index in [0.717, 1.165) is 6.54 Å². The molecule has 1 N–H and O–H groups in total. The van der Waals surface area contributed by atoms with E-state index in [2.05, 4.69) is 33.0 Å². The molecule has 0 fully saturated rings. The van der Waals surface area contributed by atoms with Crippen LogP contribution < -0.4 is 5.32 Å². The summed E-state index contributed by atoms with van der Waals surface area (Å²) in [5, 5.41) is 3.01. The molecule has 0 aromatic carbocycles. The SMILES string of the molecule is CC(C)C(CNC(=O)C(C)(C)CCl)C(C)C. The number of hydrogen-bond donors (Lipinski definition) is 1. The van der Waals surface area contributed by atoms with E-state index in [4.69, 9.17) is 11.6 Å². The van der Waals surface area contributed by atoms with Gasteiger partial charge in [-0.1, -0.05) is 27.7 Å². The van der Waals surface area contributed by atoms with Crippen molar-refractivity contribution in [3.63, 3.8) is 0 Å². The number of alkyl halides is 1. The Kier molecular flexibility index (Phi) is 6.39. The third kappa shape index (κ3) is 4.73. The van der Waals surface area contributed by atoms with E-state index >= 15 is 0 Å². The van der Waals surface area contributed by atoms with Crippen molar-refractivity contribution in [1.29, 1.82) is 0 Å². The minimum Gasteiger partial charge on any atom is -0.355 e. The fraction of sp³-hybridized carbons (Fsp3) is 0.923. The van der Waals surface area contributed by atoms with Crippen LogP contribution in [0.25, 0.3) is 0 Å². The molecule has 16 heavy (non-hydrogen) atoms. The monoisotopic (exact) mass is 247 g/mol. The Balaban J connectivity index is 4.27. The average Bonchev–Trinajstić information content (AvgIpc) is 2.16. The molecule has 0 bridgehead atoms. The lowest BCUT2D eigenvalue weighted by molar-refractivity contribution is -0.128. The molecule has 2 nitrogen and oxygen atoms in total. The molecule has 96 valence electrons. The van der Waals surface area contributed by atoms with Crippen LogP contribution in [-0.2, 0) is 4.79 Å². The highest BCUT2D eigenvalue weighted by molar-refractivity contribution is 6.19. The fourth-order valence-electron chi connectivity index (χ4n) is 1.75. The number of carbonyl (C=O) groups excluding carboxylic acids is 1. The lowest BCUT2D eigenvalue weighted by Crippen LogP contribution is -2.42. The molecule has 3 heteroatoms. The van der Waals surface area contributed by atoms with E-state index in [-0.39, 0.29) is 5.91 Å². The van der Waals surface area contributed by atoms with Crippen molar-refractivity contribution in [1.82, 2.24) is 5.32 Å². The molecule has 0 heterocycles. The maximum absolute atomic E-state index is 11.8. The van der Waals surface area contributed by atoms with Crippen LogP contribution in [0.2, 0.25) is 0 Å². The summed E-state index contributed by atoms with van der Waals surface area (Å²) in [6.45, 7) is 13.3. The molecule has 1 amide bonds. The maximum atomic E-state index is 11.8. The summed E-state index contributed by atoms with van der Waals surface area (Å²) >= 11 is 5.77. The second-order valence-corrected chi connectivity index (χ2v) is 6.15. The number of rotatable bonds is 6. The van der Waals surface area contributed by atoms with Crippen molar-refractivity contribution in [2.75, 3.05) is 12.4 Å². The van der Waals surface area contributed by atoms with Gasteiger partial charge in [0, 0.05) is 12.4 Å². The van der Waals surface area contributed by atoms with Gasteiger partial charge in [0.25, 0.3) is 0 Å². The highest BCUT2D eigenvalue weighted by Crippen LogP contribution is 2.21. The molecule has 0 atom stereocenters. The van der Waals surface area contributed by atoms with Gasteiger partial charge in [0.1, 0.15) is 0 Å². The molecule has 0 spiro atoms. The normalized spacial score (nSPS) is 12.6. The Morgan fingerprint density at radius 1 is 1.19 bits per heavy atom. The van der Waals surface area contributed by atoms with E-state index in [1.165, 1.54) is 0 Å². The minimum absolute atomic E-state index is 0.0498. The van der Waals surface area contributed by atoms with Gasteiger partial charge in [0.2, 0.25) is 5.91 Å². The molecule has 0 radical (unpaired) electrons. The standard InChI is InChI=1S/C13H26ClNO/c1-9(2)11(10(3)4)7-15-12(16)13(5,6)8-14/h9-11H,7-8H2,1-6H3,(H,15,16). The molecule has 0 aliphatic heterocycles. The number of amides is 1. The second kappa shape index (κ2) is 6.48. The molecule has 0 aromatic heterocycles. The topological polar surface area (TPSA) is 29.1 Å². The van der Waals surface area contributed by atoms with E-state index in [0.29, 0.717) is 23.6 Å². The van der Waals surface area contributed by atoms with E-state index in [9.17, 15) is 4.79 Å². The van der Waals surface area contributed by atoms with Gasteiger partial charge in [-0.05, 0) is 31.6 Å². The van der Waals surface area contributed by atoms with Gasteiger partial charge >= 0.3 is 0 Å². The zero-order valence-corrected chi connectivity index (χ0v) is 12.2. The molecule has 0 saturated heterocycles. The number of carbonyl (C=O) groups is 1. The Labute approximate surface area is 105 Å². The molecule has 0 aromatic rings. The number of hydrogen-bond acceptors (Lipinski definition) is 1. The van der Waals surface area contributed by atoms with E-state index in [1.807, 2.05) is 13.8 Å². The number of halogens is 1. The highest BCUT2D eigenvalue weighted by atomic mass is 35.5. The lowest BCUT2D eigenvalue weighted by atomic mass is 9.85. The van der Waals surface area contributed by atoms with E-state index in [1.54, 1.807) is 0 Å². The largest absolute Gasteiger partial charge is 0.355 e. The minimum atomic E-state index is -0.472. The highest BCUT2D eigenvalue weighted by Gasteiger charge is 2.27. The molecular formula is C13H26ClNO. The Bertz CT molecular complexity index is 216. The van der Waals surface area contributed by atoms with Gasteiger partial charge in [0.05, 0.1) is 5.41 Å². The predicted octanol–water partition coefficient (Wildman–Crippen LogP) is 3.30. The van der Waals surface area contributed by atoms with Crippen molar-refractivity contribution < 1.29 is 4.79 Å². The van der Waals surface area contributed by atoms with Gasteiger partial charge in [0.15, 0.2) is 0 Å². The first kappa shape index (κ1) is 15.8. The first-order valence-electron chi connectivity index (χ1n) is 6.06. The number of nitrogens with one attached hydrogen (secondary N) is 1. The van der Waals surface area contributed by atoms with Gasteiger partial charge in [-0.15, -0.1) is 11.6 Å². The Morgan fingerprint density at radius 2 is 1.62 bits per heavy atom. The van der Waals surface area contributed by atoms with Crippen molar-refractivity contribution in [3.8, 4) is 0 Å². The first-order valence-corrected chi connectivity index (χ1v) is 6.60.